The molecule has 3 aromatic heterocycles. The van der Waals surface area contributed by atoms with Crippen molar-refractivity contribution in [3.63, 3.8) is 0 Å². The molecule has 0 aliphatic carbocycles. The minimum Gasteiger partial charge on any atom is -0.329 e. The zero-order chi connectivity index (χ0) is 13.8. The number of nitrogens with zero attached hydrogens (tertiary/aromatic N) is 3. The Morgan fingerprint density at radius 1 is 1.15 bits per heavy atom. The maximum absolute atomic E-state index is 11.3. The SMILES string of the molecule is O=c1cc(-c2ccnc(Nc3cccnc3)n2)cc[nH]1. The molecule has 0 atom stereocenters. The average Bonchev–Trinajstić information content (AvgIpc) is 2.49. The summed E-state index contributed by atoms with van der Waals surface area (Å²) in [6, 6.07) is 8.73. The van der Waals surface area contributed by atoms with Gasteiger partial charge in [0.15, 0.2) is 0 Å². The Hall–Kier alpha value is -3.02. The van der Waals surface area contributed by atoms with Crippen LogP contribution >= 0.6 is 0 Å². The van der Waals surface area contributed by atoms with E-state index in [2.05, 4.69) is 25.3 Å². The number of nitrogens with one attached hydrogen (secondary N) is 2. The first kappa shape index (κ1) is 12.0. The highest BCUT2D eigenvalue weighted by atomic mass is 16.1. The van der Waals surface area contributed by atoms with E-state index >= 15 is 0 Å². The van der Waals surface area contributed by atoms with E-state index in [-0.39, 0.29) is 5.56 Å². The van der Waals surface area contributed by atoms with Crippen LogP contribution in [0.2, 0.25) is 0 Å². The molecule has 3 aromatic rings. The average molecular weight is 265 g/mol. The molecule has 0 aliphatic rings. The highest BCUT2D eigenvalue weighted by molar-refractivity contribution is 5.60. The maximum Gasteiger partial charge on any atom is 0.248 e. The molecule has 2 N–H and O–H groups in total. The first-order valence-corrected chi connectivity index (χ1v) is 6.00. The van der Waals surface area contributed by atoms with Crippen molar-refractivity contribution in [1.82, 2.24) is 19.9 Å². The van der Waals surface area contributed by atoms with Crippen LogP contribution in [0.3, 0.4) is 0 Å². The van der Waals surface area contributed by atoms with Crippen molar-refractivity contribution in [1.29, 1.82) is 0 Å². The Kier molecular flexibility index (Phi) is 3.20. The molecule has 0 fully saturated rings. The van der Waals surface area contributed by atoms with Gasteiger partial charge in [-0.3, -0.25) is 9.78 Å². The summed E-state index contributed by atoms with van der Waals surface area (Å²) in [5.74, 6) is 0.454. The number of aromatic amines is 1. The molecule has 0 unspecified atom stereocenters. The van der Waals surface area contributed by atoms with Crippen LogP contribution in [0.15, 0.2) is 59.9 Å². The second-order valence-electron chi connectivity index (χ2n) is 4.07. The van der Waals surface area contributed by atoms with E-state index in [4.69, 9.17) is 0 Å². The van der Waals surface area contributed by atoms with E-state index in [9.17, 15) is 4.79 Å². The number of pyridine rings is 2. The van der Waals surface area contributed by atoms with Crippen molar-refractivity contribution in [2.45, 2.75) is 0 Å². The number of hydrogen-bond acceptors (Lipinski definition) is 5. The highest BCUT2D eigenvalue weighted by Crippen LogP contribution is 2.17. The number of aromatic nitrogens is 4. The normalized spacial score (nSPS) is 10.2. The number of rotatable bonds is 3. The Labute approximate surface area is 114 Å². The van der Waals surface area contributed by atoms with Gasteiger partial charge in [0.1, 0.15) is 0 Å². The van der Waals surface area contributed by atoms with Crippen LogP contribution in [0, 0.1) is 0 Å². The molecule has 98 valence electrons. The quantitative estimate of drug-likeness (QED) is 0.756. The smallest absolute Gasteiger partial charge is 0.248 e. The van der Waals surface area contributed by atoms with Crippen molar-refractivity contribution < 1.29 is 0 Å². The Morgan fingerprint density at radius 3 is 2.90 bits per heavy atom. The van der Waals surface area contributed by atoms with Gasteiger partial charge in [0.2, 0.25) is 11.5 Å². The number of hydrogen-bond donors (Lipinski definition) is 2. The fraction of sp³-hybridized carbons (Fsp3) is 0. The largest absolute Gasteiger partial charge is 0.329 e. The van der Waals surface area contributed by atoms with Crippen LogP contribution in [0.4, 0.5) is 11.6 Å². The molecular weight excluding hydrogens is 254 g/mol. The van der Waals surface area contributed by atoms with E-state index < -0.39 is 0 Å². The van der Waals surface area contributed by atoms with Gasteiger partial charge in [-0.1, -0.05) is 0 Å². The molecule has 3 rings (SSSR count). The fourth-order valence-electron chi connectivity index (χ4n) is 1.75. The van der Waals surface area contributed by atoms with Gasteiger partial charge >= 0.3 is 0 Å². The Bertz CT molecular complexity index is 770. The highest BCUT2D eigenvalue weighted by Gasteiger charge is 2.03. The summed E-state index contributed by atoms with van der Waals surface area (Å²) in [7, 11) is 0. The van der Waals surface area contributed by atoms with E-state index in [0.717, 1.165) is 11.3 Å². The molecule has 0 aliphatic heterocycles. The molecule has 3 heterocycles. The zero-order valence-electron chi connectivity index (χ0n) is 10.4. The summed E-state index contributed by atoms with van der Waals surface area (Å²) in [5, 5.41) is 3.06. The minimum absolute atomic E-state index is 0.164. The van der Waals surface area contributed by atoms with E-state index in [1.807, 2.05) is 12.1 Å². The third kappa shape index (κ3) is 2.69. The Morgan fingerprint density at radius 2 is 2.10 bits per heavy atom. The van der Waals surface area contributed by atoms with Gasteiger partial charge in [-0.2, -0.15) is 0 Å². The minimum atomic E-state index is -0.164. The third-order valence-electron chi connectivity index (χ3n) is 2.64. The molecule has 6 heteroatoms. The molecule has 0 aromatic carbocycles. The van der Waals surface area contributed by atoms with Crippen LogP contribution in [0.5, 0.6) is 0 Å². The summed E-state index contributed by atoms with van der Waals surface area (Å²) in [5.41, 5.74) is 2.06. The zero-order valence-corrected chi connectivity index (χ0v) is 10.4. The monoisotopic (exact) mass is 265 g/mol. The van der Waals surface area contributed by atoms with E-state index in [1.54, 1.807) is 36.9 Å². The van der Waals surface area contributed by atoms with Gasteiger partial charge in [0, 0.05) is 30.2 Å². The topological polar surface area (TPSA) is 83.6 Å². The lowest BCUT2D eigenvalue weighted by Gasteiger charge is -2.05. The first-order chi connectivity index (χ1) is 9.81. The fourth-order valence-corrected chi connectivity index (χ4v) is 1.75. The van der Waals surface area contributed by atoms with E-state index in [1.165, 1.54) is 6.07 Å². The lowest BCUT2D eigenvalue weighted by Crippen LogP contribution is -2.03. The van der Waals surface area contributed by atoms with Gasteiger partial charge in [0.25, 0.3) is 0 Å². The first-order valence-electron chi connectivity index (χ1n) is 6.00. The summed E-state index contributed by atoms with van der Waals surface area (Å²) >= 11 is 0. The second-order valence-corrected chi connectivity index (χ2v) is 4.07. The second kappa shape index (κ2) is 5.31. The van der Waals surface area contributed by atoms with Gasteiger partial charge in [-0.15, -0.1) is 0 Å². The molecule has 0 bridgehead atoms. The molecule has 0 saturated heterocycles. The van der Waals surface area contributed by atoms with Crippen LogP contribution in [-0.2, 0) is 0 Å². The predicted molar refractivity (Wildman–Crippen MR) is 75.6 cm³/mol. The molecular formula is C14H11N5O. The standard InChI is InChI=1S/C14H11N5O/c20-13-8-10(3-6-16-13)12-4-7-17-14(19-12)18-11-2-1-5-15-9-11/h1-9H,(H,16,20)(H,17,18,19). The summed E-state index contributed by atoms with van der Waals surface area (Å²) in [6.07, 6.45) is 6.61. The predicted octanol–water partition coefficient (Wildman–Crippen LogP) is 1.97. The van der Waals surface area contributed by atoms with Gasteiger partial charge in [-0.05, 0) is 24.3 Å². The summed E-state index contributed by atoms with van der Waals surface area (Å²) in [4.78, 5) is 26.4. The van der Waals surface area contributed by atoms with Crippen LogP contribution in [0.25, 0.3) is 11.3 Å². The van der Waals surface area contributed by atoms with Gasteiger partial charge in [-0.25, -0.2) is 9.97 Å². The molecule has 20 heavy (non-hydrogen) atoms. The van der Waals surface area contributed by atoms with E-state index in [0.29, 0.717) is 11.6 Å². The van der Waals surface area contributed by atoms with Crippen LogP contribution in [0.1, 0.15) is 0 Å². The summed E-state index contributed by atoms with van der Waals surface area (Å²) < 4.78 is 0. The lowest BCUT2D eigenvalue weighted by atomic mass is 10.2. The molecule has 0 amide bonds. The number of H-pyrrole nitrogens is 1. The molecule has 0 spiro atoms. The van der Waals surface area contributed by atoms with Crippen molar-refractivity contribution in [3.05, 3.63) is 65.5 Å². The van der Waals surface area contributed by atoms with Gasteiger partial charge in [0.05, 0.1) is 17.6 Å². The maximum atomic E-state index is 11.3. The molecule has 0 radical (unpaired) electrons. The van der Waals surface area contributed by atoms with Gasteiger partial charge < -0.3 is 10.3 Å². The molecule has 0 saturated carbocycles. The van der Waals surface area contributed by atoms with Crippen molar-refractivity contribution in [2.75, 3.05) is 5.32 Å². The lowest BCUT2D eigenvalue weighted by molar-refractivity contribution is 1.16. The van der Waals surface area contributed by atoms with Crippen molar-refractivity contribution >= 4 is 11.6 Å². The Balaban J connectivity index is 1.92. The summed E-state index contributed by atoms with van der Waals surface area (Å²) in [6.45, 7) is 0. The van der Waals surface area contributed by atoms with Crippen LogP contribution in [-0.4, -0.2) is 19.9 Å². The van der Waals surface area contributed by atoms with Crippen molar-refractivity contribution in [2.24, 2.45) is 0 Å². The third-order valence-corrected chi connectivity index (χ3v) is 2.64. The molecule has 6 nitrogen and oxygen atoms in total. The van der Waals surface area contributed by atoms with Crippen molar-refractivity contribution in [3.8, 4) is 11.3 Å². The number of anilines is 2. The van der Waals surface area contributed by atoms with Crippen LogP contribution < -0.4 is 10.9 Å².